The molecular formula is C13H10F3O2S. The summed E-state index contributed by atoms with van der Waals surface area (Å²) in [5.41, 5.74) is 1.67. The lowest BCUT2D eigenvalue weighted by Crippen LogP contribution is -2.16. The van der Waals surface area contributed by atoms with E-state index in [9.17, 15) is 18.3 Å². The van der Waals surface area contributed by atoms with Crippen LogP contribution in [0.15, 0.2) is 30.3 Å². The van der Waals surface area contributed by atoms with Gasteiger partial charge in [-0.2, -0.15) is 0 Å². The third-order valence-electron chi connectivity index (χ3n) is 2.52. The van der Waals surface area contributed by atoms with Crippen LogP contribution in [0, 0.1) is 6.92 Å². The Morgan fingerprint density at radius 3 is 2.32 bits per heavy atom. The van der Waals surface area contributed by atoms with Crippen LogP contribution in [0.3, 0.4) is 0 Å². The molecule has 0 bridgehead atoms. The van der Waals surface area contributed by atoms with Gasteiger partial charge in [0.2, 0.25) is 0 Å². The summed E-state index contributed by atoms with van der Waals surface area (Å²) in [5.74, 6) is -0.256. The molecule has 0 saturated heterocycles. The minimum absolute atomic E-state index is 0.256. The summed E-state index contributed by atoms with van der Waals surface area (Å²) in [6.45, 7) is 1.56. The van der Waals surface area contributed by atoms with Gasteiger partial charge in [-0.05, 0) is 48.4 Å². The molecule has 0 unspecified atom stereocenters. The first-order valence-electron chi connectivity index (χ1n) is 5.42. The number of hydrogen-bond acceptors (Lipinski definition) is 2. The van der Waals surface area contributed by atoms with E-state index in [0.29, 0.717) is 0 Å². The topological polar surface area (TPSA) is 29.1 Å². The van der Waals surface area contributed by atoms with E-state index in [0.717, 1.165) is 20.9 Å². The zero-order valence-corrected chi connectivity index (χ0v) is 10.8. The van der Waals surface area contributed by atoms with E-state index in [1.165, 1.54) is 23.5 Å². The molecule has 1 radical (unpaired) electrons. The summed E-state index contributed by atoms with van der Waals surface area (Å²) in [6, 6.07) is 7.46. The van der Waals surface area contributed by atoms with Crippen LogP contribution in [0.4, 0.5) is 13.2 Å². The molecule has 0 N–H and O–H groups in total. The average Bonchev–Trinajstić information content (AvgIpc) is 2.69. The van der Waals surface area contributed by atoms with Gasteiger partial charge in [-0.1, -0.05) is 0 Å². The monoisotopic (exact) mass is 287 g/mol. The first-order valence-corrected chi connectivity index (χ1v) is 6.24. The smallest absolute Gasteiger partial charge is 0.406 e. The molecule has 0 aliphatic rings. The fraction of sp³-hybridized carbons (Fsp3) is 0.231. The maximum Gasteiger partial charge on any atom is 0.573 e. The predicted molar refractivity (Wildman–Crippen MR) is 65.6 cm³/mol. The van der Waals surface area contributed by atoms with Crippen molar-refractivity contribution in [3.05, 3.63) is 40.8 Å². The summed E-state index contributed by atoms with van der Waals surface area (Å²) in [7, 11) is 0. The lowest BCUT2D eigenvalue weighted by atomic mass is 10.1. The number of hydrogen-bond donors (Lipinski definition) is 0. The molecule has 2 aromatic rings. The highest BCUT2D eigenvalue weighted by atomic mass is 32.1. The van der Waals surface area contributed by atoms with Gasteiger partial charge in [0, 0.05) is 9.75 Å². The summed E-state index contributed by atoms with van der Waals surface area (Å²) < 4.78 is 39.8. The van der Waals surface area contributed by atoms with Crippen molar-refractivity contribution in [1.82, 2.24) is 0 Å². The summed E-state index contributed by atoms with van der Waals surface area (Å²) in [4.78, 5) is 1.60. The zero-order valence-electron chi connectivity index (χ0n) is 9.95. The quantitative estimate of drug-likeness (QED) is 0.814. The summed E-state index contributed by atoms with van der Waals surface area (Å²) >= 11 is 1.36. The molecule has 0 aliphatic carbocycles. The van der Waals surface area contributed by atoms with Crippen molar-refractivity contribution in [2.24, 2.45) is 0 Å². The van der Waals surface area contributed by atoms with Crippen molar-refractivity contribution in [2.45, 2.75) is 19.9 Å². The van der Waals surface area contributed by atoms with Gasteiger partial charge in [0.15, 0.2) is 0 Å². The van der Waals surface area contributed by atoms with E-state index in [4.69, 9.17) is 0 Å². The Kier molecular flexibility index (Phi) is 3.82. The van der Waals surface area contributed by atoms with Gasteiger partial charge in [-0.25, -0.2) is 5.11 Å². The van der Waals surface area contributed by atoms with Gasteiger partial charge >= 0.3 is 6.36 Å². The normalized spacial score (nSPS) is 11.6. The molecule has 0 fully saturated rings. The maximum absolute atomic E-state index is 12.0. The molecule has 0 atom stereocenters. The molecule has 0 spiro atoms. The largest absolute Gasteiger partial charge is 0.573 e. The van der Waals surface area contributed by atoms with Gasteiger partial charge in [0.05, 0.1) is 0 Å². The van der Waals surface area contributed by atoms with E-state index in [2.05, 4.69) is 4.74 Å². The molecular weight excluding hydrogens is 277 g/mol. The SMILES string of the molecule is Cc1cc(-c2ccc(OC(F)(F)F)cc2)sc1C[O]. The molecule has 0 amide bonds. The van der Waals surface area contributed by atoms with Gasteiger partial charge in [0.25, 0.3) is 0 Å². The van der Waals surface area contributed by atoms with Crippen LogP contribution in [0.1, 0.15) is 10.4 Å². The van der Waals surface area contributed by atoms with Crippen molar-refractivity contribution in [3.63, 3.8) is 0 Å². The number of thiophene rings is 1. The molecule has 2 rings (SSSR count). The van der Waals surface area contributed by atoms with Crippen LogP contribution in [-0.2, 0) is 11.7 Å². The number of halogens is 3. The minimum Gasteiger partial charge on any atom is -0.406 e. The van der Waals surface area contributed by atoms with Crippen LogP contribution in [0.5, 0.6) is 5.75 Å². The fourth-order valence-corrected chi connectivity index (χ4v) is 2.66. The standard InChI is InChI=1S/C13H10F3O2S/c1-8-6-11(19-12(8)7-17)9-2-4-10(5-3-9)18-13(14,15)16/h2-6H,7H2,1H3. The second-order valence-electron chi connectivity index (χ2n) is 3.93. The van der Waals surface area contributed by atoms with E-state index < -0.39 is 6.36 Å². The van der Waals surface area contributed by atoms with Crippen molar-refractivity contribution in [3.8, 4) is 16.2 Å². The molecule has 1 heterocycles. The molecule has 19 heavy (non-hydrogen) atoms. The first kappa shape index (κ1) is 13.9. The van der Waals surface area contributed by atoms with Crippen molar-refractivity contribution in [2.75, 3.05) is 0 Å². The lowest BCUT2D eigenvalue weighted by molar-refractivity contribution is -0.274. The van der Waals surface area contributed by atoms with E-state index in [-0.39, 0.29) is 12.4 Å². The number of aryl methyl sites for hydroxylation is 1. The Morgan fingerprint density at radius 2 is 1.84 bits per heavy atom. The summed E-state index contributed by atoms with van der Waals surface area (Å²) in [6.07, 6.45) is -4.68. The molecule has 2 nitrogen and oxygen atoms in total. The molecule has 101 valence electrons. The Bertz CT molecular complexity index is 558. The van der Waals surface area contributed by atoms with Crippen LogP contribution in [-0.4, -0.2) is 6.36 Å². The Morgan fingerprint density at radius 1 is 1.21 bits per heavy atom. The number of rotatable bonds is 3. The highest BCUT2D eigenvalue weighted by Crippen LogP contribution is 2.33. The highest BCUT2D eigenvalue weighted by Gasteiger charge is 2.30. The maximum atomic E-state index is 12.0. The van der Waals surface area contributed by atoms with Crippen molar-refractivity contribution < 1.29 is 23.0 Å². The lowest BCUT2D eigenvalue weighted by Gasteiger charge is -2.08. The number of ether oxygens (including phenoxy) is 1. The van der Waals surface area contributed by atoms with Crippen LogP contribution in [0.2, 0.25) is 0 Å². The van der Waals surface area contributed by atoms with Crippen molar-refractivity contribution >= 4 is 11.3 Å². The van der Waals surface area contributed by atoms with Crippen molar-refractivity contribution in [1.29, 1.82) is 0 Å². The summed E-state index contributed by atoms with van der Waals surface area (Å²) in [5, 5.41) is 10.9. The van der Waals surface area contributed by atoms with Gasteiger partial charge in [0.1, 0.15) is 12.4 Å². The highest BCUT2D eigenvalue weighted by molar-refractivity contribution is 7.15. The van der Waals surface area contributed by atoms with Gasteiger partial charge in [-0.15, -0.1) is 24.5 Å². The molecule has 6 heteroatoms. The molecule has 1 aromatic carbocycles. The third-order valence-corrected chi connectivity index (χ3v) is 3.78. The Labute approximate surface area is 112 Å². The fourth-order valence-electron chi connectivity index (χ4n) is 1.63. The Hall–Kier alpha value is -1.53. The third kappa shape index (κ3) is 3.48. The predicted octanol–water partition coefficient (Wildman–Crippen LogP) is 4.55. The first-order chi connectivity index (χ1) is 8.89. The number of alkyl halides is 3. The van der Waals surface area contributed by atoms with Gasteiger partial charge < -0.3 is 4.74 Å². The molecule has 0 aliphatic heterocycles. The van der Waals surface area contributed by atoms with E-state index in [1.54, 1.807) is 12.1 Å². The minimum atomic E-state index is -4.68. The second kappa shape index (κ2) is 5.22. The van der Waals surface area contributed by atoms with Crippen LogP contribution >= 0.6 is 11.3 Å². The van der Waals surface area contributed by atoms with Crippen LogP contribution in [0.25, 0.3) is 10.4 Å². The average molecular weight is 287 g/mol. The van der Waals surface area contributed by atoms with E-state index in [1.807, 2.05) is 13.0 Å². The second-order valence-corrected chi connectivity index (χ2v) is 5.07. The molecule has 1 aromatic heterocycles. The van der Waals surface area contributed by atoms with Gasteiger partial charge in [-0.3, -0.25) is 0 Å². The van der Waals surface area contributed by atoms with Crippen LogP contribution < -0.4 is 4.74 Å². The zero-order chi connectivity index (χ0) is 14.0. The number of benzene rings is 1. The van der Waals surface area contributed by atoms with E-state index >= 15 is 0 Å². The molecule has 0 saturated carbocycles. The Balaban J connectivity index is 2.22.